The van der Waals surface area contributed by atoms with Gasteiger partial charge in [-0.25, -0.2) is 4.98 Å². The van der Waals surface area contributed by atoms with E-state index in [1.165, 1.54) is 17.4 Å². The lowest BCUT2D eigenvalue weighted by molar-refractivity contribution is -0.111. The van der Waals surface area contributed by atoms with Crippen LogP contribution < -0.4 is 19.5 Å². The molecule has 1 aliphatic heterocycles. The summed E-state index contributed by atoms with van der Waals surface area (Å²) in [4.78, 5) is 16.6. The average molecular weight is 368 g/mol. The molecule has 2 heterocycles. The van der Waals surface area contributed by atoms with E-state index in [1.54, 1.807) is 6.08 Å². The van der Waals surface area contributed by atoms with Crippen LogP contribution in [0, 0.1) is 0 Å². The largest absolute Gasteiger partial charge is 0.494 e. The van der Waals surface area contributed by atoms with E-state index in [-0.39, 0.29) is 12.7 Å². The van der Waals surface area contributed by atoms with Crippen LogP contribution in [0.25, 0.3) is 16.3 Å². The maximum atomic E-state index is 12.2. The van der Waals surface area contributed by atoms with Gasteiger partial charge in [0.2, 0.25) is 12.7 Å². The van der Waals surface area contributed by atoms with Crippen LogP contribution in [0.2, 0.25) is 0 Å². The molecule has 0 saturated heterocycles. The smallest absolute Gasteiger partial charge is 0.250 e. The lowest BCUT2D eigenvalue weighted by Gasteiger charge is -2.00. The van der Waals surface area contributed by atoms with Gasteiger partial charge >= 0.3 is 0 Å². The molecule has 0 spiro atoms. The van der Waals surface area contributed by atoms with Gasteiger partial charge in [-0.3, -0.25) is 10.1 Å². The molecule has 3 aromatic rings. The topological polar surface area (TPSA) is 69.7 Å². The zero-order valence-electron chi connectivity index (χ0n) is 14.0. The zero-order valence-corrected chi connectivity index (χ0v) is 14.8. The van der Waals surface area contributed by atoms with E-state index in [0.29, 0.717) is 23.2 Å². The van der Waals surface area contributed by atoms with Crippen molar-refractivity contribution in [3.8, 4) is 17.2 Å². The van der Waals surface area contributed by atoms with E-state index in [2.05, 4.69) is 10.3 Å². The summed E-state index contributed by atoms with van der Waals surface area (Å²) >= 11 is 1.41. The van der Waals surface area contributed by atoms with Crippen LogP contribution in [-0.4, -0.2) is 24.3 Å². The number of hydrogen-bond acceptors (Lipinski definition) is 6. The predicted molar refractivity (Wildman–Crippen MR) is 101 cm³/mol. The highest BCUT2D eigenvalue weighted by molar-refractivity contribution is 7.22. The van der Waals surface area contributed by atoms with Gasteiger partial charge in [-0.15, -0.1) is 0 Å². The van der Waals surface area contributed by atoms with Crippen molar-refractivity contribution in [3.63, 3.8) is 0 Å². The molecule has 0 saturated carbocycles. The fourth-order valence-electron chi connectivity index (χ4n) is 2.55. The summed E-state index contributed by atoms with van der Waals surface area (Å²) in [5.74, 6) is 1.95. The van der Waals surface area contributed by atoms with Crippen molar-refractivity contribution in [1.29, 1.82) is 0 Å². The maximum Gasteiger partial charge on any atom is 0.250 e. The van der Waals surface area contributed by atoms with Gasteiger partial charge in [0.25, 0.3) is 0 Å². The number of carbonyl (C=O) groups is 1. The first-order valence-corrected chi connectivity index (χ1v) is 8.95. The molecule has 1 amide bonds. The molecule has 0 radical (unpaired) electrons. The highest BCUT2D eigenvalue weighted by Gasteiger charge is 2.12. The van der Waals surface area contributed by atoms with Gasteiger partial charge in [0.05, 0.1) is 16.8 Å². The molecule has 2 aromatic carbocycles. The Balaban J connectivity index is 1.45. The maximum absolute atomic E-state index is 12.2. The van der Waals surface area contributed by atoms with E-state index < -0.39 is 0 Å². The predicted octanol–water partition coefficient (Wildman–Crippen LogP) is 4.08. The molecule has 7 heteroatoms. The fraction of sp³-hybridized carbons (Fsp3) is 0.158. The number of thiazole rings is 1. The SMILES string of the molecule is CCOc1ccc2nc(NC(=O)/C=C/c3ccc4c(c3)OCO4)sc2c1. The monoisotopic (exact) mass is 368 g/mol. The number of rotatable bonds is 5. The quantitative estimate of drug-likeness (QED) is 0.687. The normalized spacial score (nSPS) is 12.7. The first kappa shape index (κ1) is 16.4. The fourth-order valence-corrected chi connectivity index (χ4v) is 3.45. The van der Waals surface area contributed by atoms with E-state index in [0.717, 1.165) is 21.5 Å². The lowest BCUT2D eigenvalue weighted by Crippen LogP contribution is -2.07. The number of amides is 1. The summed E-state index contributed by atoms with van der Waals surface area (Å²) in [6.45, 7) is 2.78. The number of aromatic nitrogens is 1. The number of ether oxygens (including phenoxy) is 3. The molecular formula is C19H16N2O4S. The van der Waals surface area contributed by atoms with Crippen molar-refractivity contribution < 1.29 is 19.0 Å². The number of benzene rings is 2. The Hall–Kier alpha value is -3.06. The molecule has 132 valence electrons. The molecule has 0 aliphatic carbocycles. The molecule has 6 nitrogen and oxygen atoms in total. The van der Waals surface area contributed by atoms with Gasteiger partial charge < -0.3 is 14.2 Å². The number of nitrogens with one attached hydrogen (secondary N) is 1. The summed E-state index contributed by atoms with van der Waals surface area (Å²) in [5, 5.41) is 3.34. The van der Waals surface area contributed by atoms with Crippen molar-refractivity contribution >= 4 is 38.7 Å². The van der Waals surface area contributed by atoms with E-state index in [9.17, 15) is 4.79 Å². The Morgan fingerprint density at radius 3 is 3.04 bits per heavy atom. The van der Waals surface area contributed by atoms with Crippen molar-refractivity contribution in [3.05, 3.63) is 48.0 Å². The van der Waals surface area contributed by atoms with Crippen LogP contribution in [-0.2, 0) is 4.79 Å². The molecule has 0 unspecified atom stereocenters. The Labute approximate surface area is 154 Å². The zero-order chi connectivity index (χ0) is 17.9. The second kappa shape index (κ2) is 7.05. The molecule has 4 rings (SSSR count). The summed E-state index contributed by atoms with van der Waals surface area (Å²) in [7, 11) is 0. The molecule has 1 aliphatic rings. The van der Waals surface area contributed by atoms with Gasteiger partial charge in [0, 0.05) is 6.08 Å². The number of nitrogens with zero attached hydrogens (tertiary/aromatic N) is 1. The molecule has 1 N–H and O–H groups in total. The van der Waals surface area contributed by atoms with Gasteiger partial charge in [-0.1, -0.05) is 17.4 Å². The van der Waals surface area contributed by atoms with Crippen molar-refractivity contribution in [2.24, 2.45) is 0 Å². The summed E-state index contributed by atoms with van der Waals surface area (Å²) in [5.41, 5.74) is 1.68. The van der Waals surface area contributed by atoms with Crippen LogP contribution in [0.3, 0.4) is 0 Å². The minimum Gasteiger partial charge on any atom is -0.494 e. The van der Waals surface area contributed by atoms with Crippen molar-refractivity contribution in [1.82, 2.24) is 4.98 Å². The Kier molecular flexibility index (Phi) is 4.45. The highest BCUT2D eigenvalue weighted by Crippen LogP contribution is 2.33. The van der Waals surface area contributed by atoms with Crippen LogP contribution in [0.4, 0.5) is 5.13 Å². The number of hydrogen-bond donors (Lipinski definition) is 1. The summed E-state index contributed by atoms with van der Waals surface area (Å²) < 4.78 is 17.0. The third-order valence-electron chi connectivity index (χ3n) is 3.72. The van der Waals surface area contributed by atoms with E-state index >= 15 is 0 Å². The van der Waals surface area contributed by atoms with Crippen molar-refractivity contribution in [2.45, 2.75) is 6.92 Å². The first-order chi connectivity index (χ1) is 12.7. The van der Waals surface area contributed by atoms with Gasteiger partial charge in [0.15, 0.2) is 16.6 Å². The van der Waals surface area contributed by atoms with Crippen LogP contribution >= 0.6 is 11.3 Å². The molecule has 0 bridgehead atoms. The second-order valence-corrected chi connectivity index (χ2v) is 6.55. The Bertz CT molecular complexity index is 996. The minimum absolute atomic E-state index is 0.228. The molecule has 0 fully saturated rings. The van der Waals surface area contributed by atoms with Gasteiger partial charge in [0.1, 0.15) is 5.75 Å². The average Bonchev–Trinajstić information content (AvgIpc) is 3.25. The van der Waals surface area contributed by atoms with Crippen molar-refractivity contribution in [2.75, 3.05) is 18.7 Å². The summed E-state index contributed by atoms with van der Waals surface area (Å²) in [6.07, 6.45) is 3.19. The first-order valence-electron chi connectivity index (χ1n) is 8.13. The van der Waals surface area contributed by atoms with E-state index in [1.807, 2.05) is 43.3 Å². The van der Waals surface area contributed by atoms with E-state index in [4.69, 9.17) is 14.2 Å². The number of anilines is 1. The number of carbonyl (C=O) groups excluding carboxylic acids is 1. The summed E-state index contributed by atoms with van der Waals surface area (Å²) in [6, 6.07) is 11.2. The Morgan fingerprint density at radius 1 is 1.27 bits per heavy atom. The highest BCUT2D eigenvalue weighted by atomic mass is 32.1. The van der Waals surface area contributed by atoms with Crippen LogP contribution in [0.1, 0.15) is 12.5 Å². The minimum atomic E-state index is -0.244. The van der Waals surface area contributed by atoms with Crippen LogP contribution in [0.5, 0.6) is 17.2 Å². The standard InChI is InChI=1S/C19H16N2O4S/c1-2-23-13-5-6-14-17(10-13)26-19(20-14)21-18(22)8-4-12-3-7-15-16(9-12)25-11-24-15/h3-10H,2,11H2,1H3,(H,20,21,22)/b8-4+. The van der Waals surface area contributed by atoms with Gasteiger partial charge in [-0.2, -0.15) is 0 Å². The molecule has 26 heavy (non-hydrogen) atoms. The van der Waals surface area contributed by atoms with Gasteiger partial charge in [-0.05, 0) is 48.9 Å². The van der Waals surface area contributed by atoms with Crippen LogP contribution in [0.15, 0.2) is 42.5 Å². The molecule has 1 aromatic heterocycles. The molecule has 0 atom stereocenters. The Morgan fingerprint density at radius 2 is 2.15 bits per heavy atom. The second-order valence-electron chi connectivity index (χ2n) is 5.52. The molecular weight excluding hydrogens is 352 g/mol. The lowest BCUT2D eigenvalue weighted by atomic mass is 10.2. The third kappa shape index (κ3) is 3.48. The number of fused-ring (bicyclic) bond motifs is 2. The third-order valence-corrected chi connectivity index (χ3v) is 4.66.